The lowest BCUT2D eigenvalue weighted by Crippen LogP contribution is -2.40. The number of nitrogen functional groups attached to an aromatic ring is 1. The van der Waals surface area contributed by atoms with E-state index in [0.29, 0.717) is 13.1 Å². The van der Waals surface area contributed by atoms with Gasteiger partial charge in [-0.05, 0) is 36.4 Å². The minimum atomic E-state index is -0.0765. The van der Waals surface area contributed by atoms with Crippen molar-refractivity contribution in [2.45, 2.75) is 33.0 Å². The van der Waals surface area contributed by atoms with Gasteiger partial charge in [0.15, 0.2) is 0 Å². The molecule has 1 aromatic heterocycles. The van der Waals surface area contributed by atoms with Gasteiger partial charge in [0.2, 0.25) is 5.95 Å². The van der Waals surface area contributed by atoms with Crippen LogP contribution in [-0.2, 0) is 13.1 Å². The molecule has 17 heavy (non-hydrogen) atoms. The van der Waals surface area contributed by atoms with Crippen molar-refractivity contribution in [1.82, 2.24) is 20.2 Å². The molecule has 0 saturated carbocycles. The molecule has 0 atom stereocenters. The summed E-state index contributed by atoms with van der Waals surface area (Å²) >= 11 is 2.12. The Morgan fingerprint density at radius 2 is 2.18 bits per heavy atom. The Hall–Kier alpha value is -1.12. The van der Waals surface area contributed by atoms with Gasteiger partial charge in [0.25, 0.3) is 0 Å². The Labute approximate surface area is 113 Å². The van der Waals surface area contributed by atoms with Crippen LogP contribution in [0.25, 0.3) is 0 Å². The average Bonchev–Trinajstić information content (AvgIpc) is 2.60. The van der Waals surface area contributed by atoms with E-state index in [0.717, 1.165) is 15.0 Å². The maximum atomic E-state index is 11.9. The van der Waals surface area contributed by atoms with Crippen LogP contribution in [-0.4, -0.2) is 26.9 Å². The van der Waals surface area contributed by atoms with Crippen molar-refractivity contribution >= 4 is 34.6 Å². The van der Waals surface area contributed by atoms with Crippen LogP contribution in [0, 0.1) is 3.70 Å². The van der Waals surface area contributed by atoms with Gasteiger partial charge in [-0.2, -0.15) is 0 Å². The summed E-state index contributed by atoms with van der Waals surface area (Å²) in [4.78, 5) is 21.8. The van der Waals surface area contributed by atoms with Crippen molar-refractivity contribution in [3.8, 4) is 0 Å². The number of aromatic nitrogens is 2. The van der Waals surface area contributed by atoms with Gasteiger partial charge in [0.05, 0.1) is 18.8 Å². The summed E-state index contributed by atoms with van der Waals surface area (Å²) in [5, 5.41) is 2.86. The molecular formula is C10H14IN5O. The molecule has 7 heteroatoms. The first-order valence-electron chi connectivity index (χ1n) is 5.33. The normalized spacial score (nSPS) is 14.0. The number of halogens is 1. The van der Waals surface area contributed by atoms with Gasteiger partial charge >= 0.3 is 6.03 Å². The third-order valence-electron chi connectivity index (χ3n) is 2.45. The van der Waals surface area contributed by atoms with Gasteiger partial charge in [-0.25, -0.2) is 14.8 Å². The van der Waals surface area contributed by atoms with Crippen LogP contribution in [0.5, 0.6) is 0 Å². The number of hydrogen-bond acceptors (Lipinski definition) is 4. The first-order valence-corrected chi connectivity index (χ1v) is 6.41. The van der Waals surface area contributed by atoms with E-state index in [4.69, 9.17) is 5.73 Å². The largest absolute Gasteiger partial charge is 0.368 e. The quantitative estimate of drug-likeness (QED) is 0.589. The molecule has 0 radical (unpaired) electrons. The average molecular weight is 347 g/mol. The zero-order valence-corrected chi connectivity index (χ0v) is 11.9. The van der Waals surface area contributed by atoms with Gasteiger partial charge in [-0.3, -0.25) is 0 Å². The number of nitrogens with two attached hydrogens (primary N) is 1. The SMILES string of the molecule is CC(C)NC(=O)N1Cc2nc(N)nc(I)c2C1. The number of nitrogens with zero attached hydrogens (tertiary/aromatic N) is 3. The summed E-state index contributed by atoms with van der Waals surface area (Å²) in [6, 6.07) is 0.0498. The van der Waals surface area contributed by atoms with Crippen molar-refractivity contribution in [2.24, 2.45) is 0 Å². The van der Waals surface area contributed by atoms with Crippen LogP contribution < -0.4 is 11.1 Å². The van der Waals surface area contributed by atoms with Gasteiger partial charge in [0, 0.05) is 11.6 Å². The minimum Gasteiger partial charge on any atom is -0.368 e. The lowest BCUT2D eigenvalue weighted by atomic mass is 10.3. The van der Waals surface area contributed by atoms with E-state index >= 15 is 0 Å². The fourth-order valence-corrected chi connectivity index (χ4v) is 2.44. The van der Waals surface area contributed by atoms with Crippen LogP contribution in [0.4, 0.5) is 10.7 Å². The maximum Gasteiger partial charge on any atom is 0.318 e. The third kappa shape index (κ3) is 2.59. The van der Waals surface area contributed by atoms with E-state index in [1.165, 1.54) is 0 Å². The molecule has 0 saturated heterocycles. The summed E-state index contributed by atoms with van der Waals surface area (Å²) in [5.41, 5.74) is 7.43. The predicted octanol–water partition coefficient (Wildman–Crippen LogP) is 1.10. The molecule has 0 unspecified atom stereocenters. The number of nitrogens with one attached hydrogen (secondary N) is 1. The molecule has 0 bridgehead atoms. The fraction of sp³-hybridized carbons (Fsp3) is 0.500. The number of hydrogen-bond donors (Lipinski definition) is 2. The number of carbonyl (C=O) groups excluding carboxylic acids is 1. The summed E-state index contributed by atoms with van der Waals surface area (Å²) in [6.07, 6.45) is 0. The van der Waals surface area contributed by atoms with Crippen LogP contribution in [0.15, 0.2) is 0 Å². The van der Waals surface area contributed by atoms with Crippen LogP contribution in [0.2, 0.25) is 0 Å². The molecule has 2 amide bonds. The topological polar surface area (TPSA) is 84.1 Å². The highest BCUT2D eigenvalue weighted by Gasteiger charge is 2.27. The first kappa shape index (κ1) is 12.3. The number of amides is 2. The summed E-state index contributed by atoms with van der Waals surface area (Å²) in [6.45, 7) is 4.91. The molecule has 1 aromatic rings. The highest BCUT2D eigenvalue weighted by atomic mass is 127. The molecule has 1 aliphatic heterocycles. The Morgan fingerprint density at radius 3 is 2.82 bits per heavy atom. The second-order valence-electron chi connectivity index (χ2n) is 4.26. The van der Waals surface area contributed by atoms with Crippen molar-refractivity contribution < 1.29 is 4.79 Å². The lowest BCUT2D eigenvalue weighted by molar-refractivity contribution is 0.195. The van der Waals surface area contributed by atoms with E-state index in [2.05, 4.69) is 37.9 Å². The molecule has 2 heterocycles. The predicted molar refractivity (Wildman–Crippen MR) is 72.1 cm³/mol. The van der Waals surface area contributed by atoms with Crippen molar-refractivity contribution in [3.63, 3.8) is 0 Å². The van der Waals surface area contributed by atoms with E-state index in [1.54, 1.807) is 4.90 Å². The molecule has 6 nitrogen and oxygen atoms in total. The molecule has 0 aliphatic carbocycles. The van der Waals surface area contributed by atoms with Gasteiger partial charge < -0.3 is 16.0 Å². The van der Waals surface area contributed by atoms with Gasteiger partial charge in [-0.1, -0.05) is 0 Å². The zero-order chi connectivity index (χ0) is 12.6. The molecular weight excluding hydrogens is 333 g/mol. The van der Waals surface area contributed by atoms with Crippen LogP contribution >= 0.6 is 22.6 Å². The van der Waals surface area contributed by atoms with Crippen molar-refractivity contribution in [1.29, 1.82) is 0 Å². The van der Waals surface area contributed by atoms with E-state index < -0.39 is 0 Å². The van der Waals surface area contributed by atoms with Crippen LogP contribution in [0.3, 0.4) is 0 Å². The standard InChI is InChI=1S/C10H14IN5O/c1-5(2)13-10(17)16-3-6-7(4-16)14-9(12)15-8(6)11/h5H,3-4H2,1-2H3,(H,13,17)(H2,12,14,15). The second-order valence-corrected chi connectivity index (χ2v) is 5.28. The molecule has 1 aliphatic rings. The number of fused-ring (bicyclic) bond motifs is 1. The molecule has 0 spiro atoms. The zero-order valence-electron chi connectivity index (χ0n) is 9.70. The smallest absolute Gasteiger partial charge is 0.318 e. The Balaban J connectivity index is 2.16. The number of rotatable bonds is 1. The van der Waals surface area contributed by atoms with E-state index in [-0.39, 0.29) is 18.0 Å². The molecule has 3 N–H and O–H groups in total. The highest BCUT2D eigenvalue weighted by Crippen LogP contribution is 2.25. The van der Waals surface area contributed by atoms with Gasteiger partial charge in [0.1, 0.15) is 3.70 Å². The summed E-state index contributed by atoms with van der Waals surface area (Å²) in [5.74, 6) is 0.263. The number of urea groups is 1. The Bertz CT molecular complexity index is 462. The van der Waals surface area contributed by atoms with Crippen molar-refractivity contribution in [3.05, 3.63) is 15.0 Å². The fourth-order valence-electron chi connectivity index (χ4n) is 1.71. The maximum absolute atomic E-state index is 11.9. The monoisotopic (exact) mass is 347 g/mol. The first-order chi connectivity index (χ1) is 7.97. The number of carbonyl (C=O) groups is 1. The van der Waals surface area contributed by atoms with Gasteiger partial charge in [-0.15, -0.1) is 0 Å². The lowest BCUT2D eigenvalue weighted by Gasteiger charge is -2.17. The summed E-state index contributed by atoms with van der Waals surface area (Å²) in [7, 11) is 0. The third-order valence-corrected chi connectivity index (χ3v) is 3.34. The second kappa shape index (κ2) is 4.63. The van der Waals surface area contributed by atoms with E-state index in [1.807, 2.05) is 13.8 Å². The summed E-state index contributed by atoms with van der Waals surface area (Å²) < 4.78 is 0.824. The Morgan fingerprint density at radius 1 is 1.47 bits per heavy atom. The molecule has 0 aromatic carbocycles. The Kier molecular flexibility index (Phi) is 3.36. The molecule has 0 fully saturated rings. The number of anilines is 1. The van der Waals surface area contributed by atoms with Crippen molar-refractivity contribution in [2.75, 3.05) is 5.73 Å². The molecule has 92 valence electrons. The van der Waals surface area contributed by atoms with E-state index in [9.17, 15) is 4.79 Å². The van der Waals surface area contributed by atoms with Crippen LogP contribution in [0.1, 0.15) is 25.1 Å². The molecule has 2 rings (SSSR count). The minimum absolute atomic E-state index is 0.0765. The highest BCUT2D eigenvalue weighted by molar-refractivity contribution is 14.1.